The van der Waals surface area contributed by atoms with Crippen LogP contribution < -0.4 is 15.1 Å². The maximum absolute atomic E-state index is 13.3. The molecule has 0 bridgehead atoms. The van der Waals surface area contributed by atoms with Crippen molar-refractivity contribution in [3.63, 3.8) is 0 Å². The minimum Gasteiger partial charge on any atom is -0.371 e. The van der Waals surface area contributed by atoms with Crippen LogP contribution in [0.15, 0.2) is 73.2 Å². The molecule has 5 aromatic rings. The molecule has 52 heavy (non-hydrogen) atoms. The summed E-state index contributed by atoms with van der Waals surface area (Å²) in [6.45, 7) is 6.66. The van der Waals surface area contributed by atoms with Crippen LogP contribution in [0.4, 0.5) is 16.3 Å². The van der Waals surface area contributed by atoms with Crippen LogP contribution in [0.3, 0.4) is 0 Å². The number of amides is 5. The molecule has 3 fully saturated rings. The number of anilines is 2. The molecule has 0 saturated carbocycles. The number of aryl methyl sites for hydroxylation is 1. The first-order chi connectivity index (χ1) is 25.3. The highest BCUT2D eigenvalue weighted by Crippen LogP contribution is 2.33. The Morgan fingerprint density at radius 3 is 2.29 bits per heavy atom. The number of hydrogen-bond acceptors (Lipinski definition) is 9. The summed E-state index contributed by atoms with van der Waals surface area (Å²) in [4.78, 5) is 66.7. The van der Waals surface area contributed by atoms with Gasteiger partial charge in [-0.1, -0.05) is 12.1 Å². The zero-order valence-electron chi connectivity index (χ0n) is 29.0. The highest BCUT2D eigenvalue weighted by atomic mass is 16.2. The predicted octanol–water partition coefficient (Wildman–Crippen LogP) is 4.28. The van der Waals surface area contributed by atoms with E-state index in [9.17, 15) is 19.2 Å². The molecule has 0 unspecified atom stereocenters. The third-order valence-electron chi connectivity index (χ3n) is 11.2. The summed E-state index contributed by atoms with van der Waals surface area (Å²) in [7, 11) is 2.10. The van der Waals surface area contributed by atoms with E-state index in [0.29, 0.717) is 5.92 Å². The van der Waals surface area contributed by atoms with Crippen molar-refractivity contribution in [2.75, 3.05) is 62.2 Å². The fraction of sp³-hybridized carbons (Fsp3) is 0.333. The second kappa shape index (κ2) is 12.7. The topological polar surface area (TPSA) is 127 Å². The molecule has 3 aromatic heterocycles. The number of nitrogens with zero attached hydrogens (tertiary/aromatic N) is 8. The number of carbonyl (C=O) groups is 4. The Labute approximate surface area is 300 Å². The van der Waals surface area contributed by atoms with Crippen LogP contribution in [0.5, 0.6) is 0 Å². The van der Waals surface area contributed by atoms with Gasteiger partial charge in [0.05, 0.1) is 23.2 Å². The second-order valence-electron chi connectivity index (χ2n) is 14.2. The normalized spacial score (nSPS) is 18.9. The SMILES string of the molecule is Cn1c2ccncc2c2ccc(-c3ccc(N4CCN(CC5CCN(c6ccc7c(c6)C(=O)N(N6CCC(=O)NC6=O)C7=O)CC5)CC4)nc3)cc21. The van der Waals surface area contributed by atoms with Crippen LogP contribution in [0.25, 0.3) is 32.9 Å². The lowest BCUT2D eigenvalue weighted by molar-refractivity contribution is -0.122. The van der Waals surface area contributed by atoms with Crippen molar-refractivity contribution >= 4 is 57.1 Å². The highest BCUT2D eigenvalue weighted by Gasteiger charge is 2.43. The lowest BCUT2D eigenvalue weighted by Crippen LogP contribution is -2.58. The van der Waals surface area contributed by atoms with Gasteiger partial charge in [-0.15, -0.1) is 0 Å². The van der Waals surface area contributed by atoms with Crippen molar-refractivity contribution in [1.29, 1.82) is 0 Å². The van der Waals surface area contributed by atoms with E-state index in [-0.39, 0.29) is 24.1 Å². The average molecular weight is 698 g/mol. The molecule has 0 radical (unpaired) electrons. The van der Waals surface area contributed by atoms with Gasteiger partial charge < -0.3 is 14.4 Å². The minimum atomic E-state index is -0.759. The summed E-state index contributed by atoms with van der Waals surface area (Å²) in [5, 5.41) is 6.44. The number of nitrogens with one attached hydrogen (secondary N) is 1. The molecule has 264 valence electrons. The first-order valence-corrected chi connectivity index (χ1v) is 18.0. The van der Waals surface area contributed by atoms with E-state index in [2.05, 4.69) is 73.0 Å². The number of hydrazine groups is 1. The molecular formula is C39H39N9O4. The lowest BCUT2D eigenvalue weighted by atomic mass is 9.95. The number of aromatic nitrogens is 3. The van der Waals surface area contributed by atoms with E-state index in [1.165, 1.54) is 21.8 Å². The number of benzene rings is 2. The molecule has 13 heteroatoms. The maximum Gasteiger partial charge on any atom is 0.343 e. The summed E-state index contributed by atoms with van der Waals surface area (Å²) < 4.78 is 2.22. The first kappa shape index (κ1) is 32.1. The van der Waals surface area contributed by atoms with Crippen LogP contribution in [0, 0.1) is 5.92 Å². The number of piperazine rings is 1. The number of carbonyl (C=O) groups excluding carboxylic acids is 4. The quantitative estimate of drug-likeness (QED) is 0.259. The Kier molecular flexibility index (Phi) is 7.87. The monoisotopic (exact) mass is 697 g/mol. The number of piperidine rings is 1. The fourth-order valence-electron chi connectivity index (χ4n) is 8.25. The van der Waals surface area contributed by atoms with Gasteiger partial charge >= 0.3 is 6.03 Å². The van der Waals surface area contributed by atoms with Gasteiger partial charge in [0.1, 0.15) is 5.82 Å². The van der Waals surface area contributed by atoms with Crippen LogP contribution in [-0.4, -0.2) is 106 Å². The van der Waals surface area contributed by atoms with Crippen LogP contribution in [0.2, 0.25) is 0 Å². The van der Waals surface area contributed by atoms with Crippen LogP contribution >= 0.6 is 0 Å². The Morgan fingerprint density at radius 2 is 1.52 bits per heavy atom. The zero-order valence-corrected chi connectivity index (χ0v) is 29.0. The largest absolute Gasteiger partial charge is 0.371 e. The Bertz CT molecular complexity index is 2250. The van der Waals surface area contributed by atoms with Crippen molar-refractivity contribution in [2.45, 2.75) is 19.3 Å². The number of imide groups is 2. The van der Waals surface area contributed by atoms with Crippen LogP contribution in [0.1, 0.15) is 40.0 Å². The molecular weight excluding hydrogens is 658 g/mol. The molecule has 4 aliphatic heterocycles. The van der Waals surface area contributed by atoms with E-state index in [0.717, 1.165) is 91.3 Å². The molecule has 0 atom stereocenters. The van der Waals surface area contributed by atoms with Gasteiger partial charge in [0.15, 0.2) is 0 Å². The van der Waals surface area contributed by atoms with Crippen molar-refractivity contribution < 1.29 is 19.2 Å². The standard InChI is InChI=1S/C39H39N9O4/c1-43-33-8-12-40-23-32(33)29-5-2-26(20-34(29)43)27-3-7-35(41-22-27)46-18-16-44(17-19-46)24-25-9-13-45(14-10-25)28-4-6-30-31(21-28)38(51)48(37(30)50)47-15-11-36(49)42-39(47)52/h2-8,12,20-23,25H,9-11,13-19,24H2,1H3,(H,42,49,52). The zero-order chi connectivity index (χ0) is 35.5. The molecule has 13 nitrogen and oxygen atoms in total. The number of pyridine rings is 2. The lowest BCUT2D eigenvalue weighted by Gasteiger charge is -2.39. The third-order valence-corrected chi connectivity index (χ3v) is 11.2. The number of urea groups is 1. The fourth-order valence-corrected chi connectivity index (χ4v) is 8.25. The number of fused-ring (bicyclic) bond motifs is 4. The molecule has 9 rings (SSSR count). The summed E-state index contributed by atoms with van der Waals surface area (Å²) in [5.74, 6) is 0.0962. The molecule has 7 heterocycles. The third kappa shape index (κ3) is 5.52. The molecule has 2 aromatic carbocycles. The number of rotatable bonds is 6. The predicted molar refractivity (Wildman–Crippen MR) is 197 cm³/mol. The maximum atomic E-state index is 13.3. The second-order valence-corrected chi connectivity index (χ2v) is 14.2. The van der Waals surface area contributed by atoms with E-state index < -0.39 is 23.8 Å². The highest BCUT2D eigenvalue weighted by molar-refractivity contribution is 6.22. The molecule has 0 spiro atoms. The average Bonchev–Trinajstić information content (AvgIpc) is 3.60. The van der Waals surface area contributed by atoms with Crippen molar-refractivity contribution in [3.8, 4) is 11.1 Å². The van der Waals surface area contributed by atoms with Gasteiger partial charge in [-0.25, -0.2) is 14.8 Å². The van der Waals surface area contributed by atoms with Gasteiger partial charge in [-0.05, 0) is 66.8 Å². The van der Waals surface area contributed by atoms with Gasteiger partial charge in [0, 0.05) is 105 Å². The van der Waals surface area contributed by atoms with Crippen molar-refractivity contribution in [2.24, 2.45) is 13.0 Å². The van der Waals surface area contributed by atoms with Crippen molar-refractivity contribution in [1.82, 2.24) is 34.8 Å². The summed E-state index contributed by atoms with van der Waals surface area (Å²) >= 11 is 0. The summed E-state index contributed by atoms with van der Waals surface area (Å²) in [5.41, 5.74) is 6.07. The van der Waals surface area contributed by atoms with Crippen LogP contribution in [-0.2, 0) is 11.8 Å². The smallest absolute Gasteiger partial charge is 0.343 e. The molecule has 1 N–H and O–H groups in total. The van der Waals surface area contributed by atoms with E-state index >= 15 is 0 Å². The number of hydrogen-bond donors (Lipinski definition) is 1. The summed E-state index contributed by atoms with van der Waals surface area (Å²) in [6.07, 6.45) is 7.88. The van der Waals surface area contributed by atoms with E-state index in [4.69, 9.17) is 4.98 Å². The Hall–Kier alpha value is -5.82. The minimum absolute atomic E-state index is 0.0148. The van der Waals surface area contributed by atoms with Crippen molar-refractivity contribution in [3.05, 3.63) is 84.3 Å². The first-order valence-electron chi connectivity index (χ1n) is 18.0. The van der Waals surface area contributed by atoms with Gasteiger partial charge in [-0.2, -0.15) is 5.01 Å². The van der Waals surface area contributed by atoms with Gasteiger partial charge in [0.2, 0.25) is 5.91 Å². The van der Waals surface area contributed by atoms with Gasteiger partial charge in [0.25, 0.3) is 11.8 Å². The molecule has 0 aliphatic carbocycles. The Balaban J connectivity index is 0.775. The summed E-state index contributed by atoms with van der Waals surface area (Å²) in [6, 6.07) is 17.5. The van der Waals surface area contributed by atoms with Gasteiger partial charge in [-0.3, -0.25) is 29.6 Å². The molecule has 5 amide bonds. The molecule has 4 aliphatic rings. The van der Waals surface area contributed by atoms with E-state index in [1.807, 2.05) is 24.7 Å². The van der Waals surface area contributed by atoms with E-state index in [1.54, 1.807) is 12.1 Å². The molecule has 3 saturated heterocycles. The Morgan fingerprint density at radius 1 is 0.731 bits per heavy atom.